The average molecular weight is 270 g/mol. The summed E-state index contributed by atoms with van der Waals surface area (Å²) in [6.45, 7) is 0.284. The van der Waals surface area contributed by atoms with Gasteiger partial charge in [0.05, 0.1) is 11.5 Å². The van der Waals surface area contributed by atoms with E-state index >= 15 is 0 Å². The molecule has 6 nitrogen and oxygen atoms in total. The molecule has 1 unspecified atom stereocenters. The van der Waals surface area contributed by atoms with Crippen LogP contribution in [-0.2, 0) is 9.84 Å². The minimum absolute atomic E-state index is 0.0401. The fraction of sp³-hybridized carbons (Fsp3) is 0.455. The minimum Gasteiger partial charge on any atom is -0.352 e. The molecule has 1 atom stereocenters. The number of pyridine rings is 1. The van der Waals surface area contributed by atoms with E-state index in [1.165, 1.54) is 12.3 Å². The Balaban J connectivity index is 1.94. The van der Waals surface area contributed by atoms with Crippen LogP contribution in [0.1, 0.15) is 16.8 Å². The summed E-state index contributed by atoms with van der Waals surface area (Å²) in [5, 5.41) is 2.60. The quantitative estimate of drug-likeness (QED) is 0.776. The summed E-state index contributed by atoms with van der Waals surface area (Å²) in [5.41, 5.74) is -0.410. The summed E-state index contributed by atoms with van der Waals surface area (Å²) in [4.78, 5) is 25.5. The van der Waals surface area contributed by atoms with E-state index in [2.05, 4.69) is 10.3 Å². The van der Waals surface area contributed by atoms with Gasteiger partial charge >= 0.3 is 0 Å². The molecule has 1 aliphatic heterocycles. The van der Waals surface area contributed by atoms with Gasteiger partial charge in [0.15, 0.2) is 9.84 Å². The van der Waals surface area contributed by atoms with E-state index in [9.17, 15) is 18.0 Å². The Hall–Kier alpha value is -1.63. The smallest absolute Gasteiger partial charge is 0.260 e. The van der Waals surface area contributed by atoms with Gasteiger partial charge in [-0.3, -0.25) is 9.59 Å². The van der Waals surface area contributed by atoms with Crippen LogP contribution >= 0.6 is 0 Å². The third-order valence-corrected chi connectivity index (χ3v) is 4.78. The summed E-state index contributed by atoms with van der Waals surface area (Å²) >= 11 is 0. The molecule has 0 bridgehead atoms. The van der Waals surface area contributed by atoms with Crippen molar-refractivity contribution < 1.29 is 13.2 Å². The van der Waals surface area contributed by atoms with Crippen molar-refractivity contribution >= 4 is 15.7 Å². The fourth-order valence-corrected chi connectivity index (χ4v) is 3.83. The van der Waals surface area contributed by atoms with Crippen molar-refractivity contribution in [2.75, 3.05) is 18.1 Å². The summed E-state index contributed by atoms with van der Waals surface area (Å²) < 4.78 is 22.5. The van der Waals surface area contributed by atoms with E-state index in [4.69, 9.17) is 0 Å². The van der Waals surface area contributed by atoms with Crippen molar-refractivity contribution in [3.8, 4) is 0 Å². The highest BCUT2D eigenvalue weighted by Gasteiger charge is 2.28. The standard InChI is InChI=1S/C11H14N2O4S/c14-10-9(2-1-4-12-10)11(15)13-6-8-3-5-18(16,17)7-8/h1-2,4,8H,3,5-7H2,(H,12,14)(H,13,15). The molecular formula is C11H14N2O4S. The van der Waals surface area contributed by atoms with Crippen molar-refractivity contribution in [3.05, 3.63) is 34.2 Å². The molecule has 0 spiro atoms. The Labute approximate surface area is 104 Å². The molecule has 1 aromatic rings. The van der Waals surface area contributed by atoms with E-state index in [-0.39, 0.29) is 29.5 Å². The first-order chi connectivity index (χ1) is 8.48. The number of rotatable bonds is 3. The fourth-order valence-electron chi connectivity index (χ4n) is 1.97. The minimum atomic E-state index is -2.94. The van der Waals surface area contributed by atoms with Gasteiger partial charge in [0, 0.05) is 12.7 Å². The van der Waals surface area contributed by atoms with Crippen LogP contribution in [0.25, 0.3) is 0 Å². The highest BCUT2D eigenvalue weighted by molar-refractivity contribution is 7.91. The van der Waals surface area contributed by atoms with Crippen molar-refractivity contribution in [1.82, 2.24) is 10.3 Å². The van der Waals surface area contributed by atoms with E-state index < -0.39 is 21.3 Å². The molecule has 1 saturated heterocycles. The van der Waals surface area contributed by atoms with Gasteiger partial charge in [-0.2, -0.15) is 0 Å². The van der Waals surface area contributed by atoms with Crippen molar-refractivity contribution in [1.29, 1.82) is 0 Å². The maximum atomic E-state index is 11.7. The predicted molar refractivity (Wildman–Crippen MR) is 66.2 cm³/mol. The molecule has 0 radical (unpaired) electrons. The summed E-state index contributed by atoms with van der Waals surface area (Å²) in [5.74, 6) is -0.236. The van der Waals surface area contributed by atoms with Crippen LogP contribution in [0.4, 0.5) is 0 Å². The van der Waals surface area contributed by atoms with Crippen LogP contribution in [0, 0.1) is 5.92 Å². The van der Waals surface area contributed by atoms with Gasteiger partial charge in [-0.25, -0.2) is 8.42 Å². The average Bonchev–Trinajstić information content (AvgIpc) is 2.66. The molecule has 7 heteroatoms. The van der Waals surface area contributed by atoms with E-state index in [1.54, 1.807) is 6.07 Å². The highest BCUT2D eigenvalue weighted by Crippen LogP contribution is 2.17. The number of nitrogens with one attached hydrogen (secondary N) is 2. The Morgan fingerprint density at radius 1 is 1.50 bits per heavy atom. The molecule has 1 aromatic heterocycles. The third-order valence-electron chi connectivity index (χ3n) is 2.94. The van der Waals surface area contributed by atoms with Crippen LogP contribution < -0.4 is 10.9 Å². The van der Waals surface area contributed by atoms with Crippen LogP contribution in [-0.4, -0.2) is 37.4 Å². The summed E-state index contributed by atoms with van der Waals surface area (Å²) in [6, 6.07) is 3.00. The molecule has 0 aromatic carbocycles. The number of aromatic nitrogens is 1. The number of amides is 1. The number of hydrogen-bond acceptors (Lipinski definition) is 4. The van der Waals surface area contributed by atoms with Crippen LogP contribution in [0.2, 0.25) is 0 Å². The number of aromatic amines is 1. The van der Waals surface area contributed by atoms with Crippen LogP contribution in [0.3, 0.4) is 0 Å². The van der Waals surface area contributed by atoms with E-state index in [0.29, 0.717) is 6.42 Å². The van der Waals surface area contributed by atoms with Gasteiger partial charge in [0.1, 0.15) is 5.56 Å². The maximum absolute atomic E-state index is 11.7. The Morgan fingerprint density at radius 3 is 2.89 bits per heavy atom. The lowest BCUT2D eigenvalue weighted by Crippen LogP contribution is -2.33. The summed E-state index contributed by atoms with van der Waals surface area (Å²) in [6.07, 6.45) is 2.01. The molecule has 2 N–H and O–H groups in total. The van der Waals surface area contributed by atoms with E-state index in [1.807, 2.05) is 0 Å². The molecule has 2 heterocycles. The molecule has 1 amide bonds. The Bertz CT molecular complexity index is 605. The molecular weight excluding hydrogens is 256 g/mol. The number of carbonyl (C=O) groups excluding carboxylic acids is 1. The highest BCUT2D eigenvalue weighted by atomic mass is 32.2. The monoisotopic (exact) mass is 270 g/mol. The number of carbonyl (C=O) groups is 1. The second-order valence-corrected chi connectivity index (χ2v) is 6.62. The maximum Gasteiger partial charge on any atom is 0.260 e. The Kier molecular flexibility index (Phi) is 3.51. The lowest BCUT2D eigenvalue weighted by molar-refractivity contribution is 0.0947. The Morgan fingerprint density at radius 2 is 2.28 bits per heavy atom. The zero-order chi connectivity index (χ0) is 13.2. The topological polar surface area (TPSA) is 96.1 Å². The van der Waals surface area contributed by atoms with Crippen molar-refractivity contribution in [2.24, 2.45) is 5.92 Å². The molecule has 0 aliphatic carbocycles. The summed E-state index contributed by atoms with van der Waals surface area (Å²) in [7, 11) is -2.94. The lowest BCUT2D eigenvalue weighted by atomic mass is 10.1. The second kappa shape index (κ2) is 4.93. The van der Waals surface area contributed by atoms with E-state index in [0.717, 1.165) is 0 Å². The van der Waals surface area contributed by atoms with Crippen LogP contribution in [0.5, 0.6) is 0 Å². The first kappa shape index (κ1) is 12.8. The van der Waals surface area contributed by atoms with Gasteiger partial charge < -0.3 is 10.3 Å². The molecule has 98 valence electrons. The van der Waals surface area contributed by atoms with Crippen molar-refractivity contribution in [3.63, 3.8) is 0 Å². The molecule has 2 rings (SSSR count). The molecule has 1 aliphatic rings. The van der Waals surface area contributed by atoms with Gasteiger partial charge in [-0.05, 0) is 24.5 Å². The zero-order valence-corrected chi connectivity index (χ0v) is 10.5. The zero-order valence-electron chi connectivity index (χ0n) is 9.68. The van der Waals surface area contributed by atoms with Crippen LogP contribution in [0.15, 0.2) is 23.1 Å². The van der Waals surface area contributed by atoms with Gasteiger partial charge in [0.25, 0.3) is 11.5 Å². The number of hydrogen-bond donors (Lipinski definition) is 2. The van der Waals surface area contributed by atoms with Crippen molar-refractivity contribution in [2.45, 2.75) is 6.42 Å². The second-order valence-electron chi connectivity index (χ2n) is 4.39. The SMILES string of the molecule is O=C(NCC1CCS(=O)(=O)C1)c1ccc[nH]c1=O. The number of H-pyrrole nitrogens is 1. The largest absolute Gasteiger partial charge is 0.352 e. The normalized spacial score (nSPS) is 21.7. The first-order valence-corrected chi connectivity index (χ1v) is 7.46. The predicted octanol–water partition coefficient (Wildman–Crippen LogP) is -0.461. The molecule has 0 saturated carbocycles. The third kappa shape index (κ3) is 2.98. The first-order valence-electron chi connectivity index (χ1n) is 5.64. The number of sulfone groups is 1. The molecule has 1 fully saturated rings. The van der Waals surface area contributed by atoms with Gasteiger partial charge in [0.2, 0.25) is 0 Å². The van der Waals surface area contributed by atoms with Gasteiger partial charge in [-0.1, -0.05) is 0 Å². The molecule has 18 heavy (non-hydrogen) atoms. The lowest BCUT2D eigenvalue weighted by Gasteiger charge is -2.08. The van der Waals surface area contributed by atoms with Gasteiger partial charge in [-0.15, -0.1) is 0 Å².